The molecule has 3 aromatic rings. The summed E-state index contributed by atoms with van der Waals surface area (Å²) in [5, 5.41) is 3.03. The van der Waals surface area contributed by atoms with Crippen molar-refractivity contribution in [3.8, 4) is 11.1 Å². The fourth-order valence-corrected chi connectivity index (χ4v) is 5.08. The molecule has 1 heterocycles. The first-order chi connectivity index (χ1) is 18.5. The normalized spacial score (nSPS) is 14.9. The van der Waals surface area contributed by atoms with Gasteiger partial charge in [0.1, 0.15) is 5.82 Å². The second-order valence-corrected chi connectivity index (χ2v) is 10.3. The van der Waals surface area contributed by atoms with Gasteiger partial charge in [-0.05, 0) is 91.7 Å². The minimum absolute atomic E-state index is 0.165. The van der Waals surface area contributed by atoms with Gasteiger partial charge >= 0.3 is 0 Å². The van der Waals surface area contributed by atoms with Crippen molar-refractivity contribution in [1.82, 2.24) is 4.90 Å². The minimum atomic E-state index is -0.441. The number of amides is 2. The Bertz CT molecular complexity index is 1300. The molecule has 38 heavy (non-hydrogen) atoms. The van der Waals surface area contributed by atoms with E-state index in [9.17, 15) is 14.0 Å². The lowest BCUT2D eigenvalue weighted by Gasteiger charge is -2.24. The molecular weight excluding hydrogens is 479 g/mol. The summed E-state index contributed by atoms with van der Waals surface area (Å²) in [5.41, 5.74) is 10.7. The number of nitrogens with one attached hydrogen (secondary N) is 1. The number of anilines is 2. The summed E-state index contributed by atoms with van der Waals surface area (Å²) in [4.78, 5) is 30.1. The third-order valence-corrected chi connectivity index (χ3v) is 7.28. The molecule has 7 heteroatoms. The van der Waals surface area contributed by atoms with Crippen molar-refractivity contribution in [2.75, 3.05) is 36.4 Å². The Morgan fingerprint density at radius 3 is 2.47 bits per heavy atom. The van der Waals surface area contributed by atoms with Gasteiger partial charge in [-0.15, -0.1) is 0 Å². The second kappa shape index (κ2) is 11.8. The molecule has 2 fully saturated rings. The molecule has 2 aliphatic rings. The number of rotatable bonds is 10. The molecule has 1 saturated carbocycles. The van der Waals surface area contributed by atoms with Gasteiger partial charge in [0.15, 0.2) is 0 Å². The van der Waals surface area contributed by atoms with E-state index in [0.29, 0.717) is 25.3 Å². The van der Waals surface area contributed by atoms with Gasteiger partial charge in [0, 0.05) is 37.7 Å². The first-order valence-electron chi connectivity index (χ1n) is 13.6. The quantitative estimate of drug-likeness (QED) is 0.378. The summed E-state index contributed by atoms with van der Waals surface area (Å²) in [6, 6.07) is 20.1. The van der Waals surface area contributed by atoms with Crippen LogP contribution in [0.25, 0.3) is 11.1 Å². The maximum atomic E-state index is 13.8. The standard InChI is InChI=1S/C31H35FN4O2/c32-27-9-4-8-26(19-27)30(37)34-28-20-25(12-13-29(28)35-15-1-2-16-35)24-7-3-6-22(18-24)21-36(17-5-14-33)31(38)23-10-11-23/h3-4,6-9,12-13,18-20,23H,1-2,5,10-11,14-17,21,33H2,(H,34,37). The number of carbonyl (C=O) groups is 2. The molecule has 3 aromatic carbocycles. The van der Waals surface area contributed by atoms with E-state index in [1.165, 1.54) is 12.1 Å². The van der Waals surface area contributed by atoms with E-state index in [2.05, 4.69) is 28.4 Å². The molecule has 1 saturated heterocycles. The van der Waals surface area contributed by atoms with Crippen LogP contribution < -0.4 is 16.0 Å². The molecule has 0 aromatic heterocycles. The van der Waals surface area contributed by atoms with Crippen LogP contribution in [-0.4, -0.2) is 42.9 Å². The van der Waals surface area contributed by atoms with Crippen molar-refractivity contribution >= 4 is 23.2 Å². The zero-order chi connectivity index (χ0) is 26.5. The molecular formula is C31H35FN4O2. The van der Waals surface area contributed by atoms with Crippen LogP contribution in [0.2, 0.25) is 0 Å². The van der Waals surface area contributed by atoms with E-state index in [-0.39, 0.29) is 23.3 Å². The fraction of sp³-hybridized carbons (Fsp3) is 0.355. The van der Waals surface area contributed by atoms with Crippen LogP contribution in [0.5, 0.6) is 0 Å². The van der Waals surface area contributed by atoms with Crippen molar-refractivity contribution in [3.63, 3.8) is 0 Å². The van der Waals surface area contributed by atoms with Crippen molar-refractivity contribution < 1.29 is 14.0 Å². The largest absolute Gasteiger partial charge is 0.370 e. The Morgan fingerprint density at radius 2 is 1.74 bits per heavy atom. The molecule has 5 rings (SSSR count). The maximum absolute atomic E-state index is 13.8. The van der Waals surface area contributed by atoms with Gasteiger partial charge in [-0.25, -0.2) is 4.39 Å². The van der Waals surface area contributed by atoms with Gasteiger partial charge < -0.3 is 20.9 Å². The van der Waals surface area contributed by atoms with Gasteiger partial charge in [0.05, 0.1) is 11.4 Å². The predicted octanol–water partition coefficient (Wildman–Crippen LogP) is 5.43. The first kappa shape index (κ1) is 25.9. The van der Waals surface area contributed by atoms with Crippen molar-refractivity contribution in [2.24, 2.45) is 11.7 Å². The smallest absolute Gasteiger partial charge is 0.255 e. The highest BCUT2D eigenvalue weighted by Crippen LogP contribution is 2.35. The third-order valence-electron chi connectivity index (χ3n) is 7.28. The highest BCUT2D eigenvalue weighted by Gasteiger charge is 2.33. The van der Waals surface area contributed by atoms with Crippen LogP contribution >= 0.6 is 0 Å². The lowest BCUT2D eigenvalue weighted by atomic mass is 10.0. The summed E-state index contributed by atoms with van der Waals surface area (Å²) in [5.74, 6) is -0.395. The predicted molar refractivity (Wildman–Crippen MR) is 149 cm³/mol. The Labute approximate surface area is 223 Å². The monoisotopic (exact) mass is 514 g/mol. The summed E-state index contributed by atoms with van der Waals surface area (Å²) in [6.07, 6.45) is 4.96. The van der Waals surface area contributed by atoms with Crippen LogP contribution in [0, 0.1) is 11.7 Å². The topological polar surface area (TPSA) is 78.7 Å². The Hall–Kier alpha value is -3.71. The molecule has 198 valence electrons. The Kier molecular flexibility index (Phi) is 8.03. The third kappa shape index (κ3) is 6.22. The molecule has 0 bridgehead atoms. The molecule has 1 aliphatic carbocycles. The molecule has 3 N–H and O–H groups in total. The van der Waals surface area contributed by atoms with Gasteiger partial charge in [-0.2, -0.15) is 0 Å². The fourth-order valence-electron chi connectivity index (χ4n) is 5.08. The number of hydrogen-bond donors (Lipinski definition) is 2. The zero-order valence-corrected chi connectivity index (χ0v) is 21.7. The highest BCUT2D eigenvalue weighted by molar-refractivity contribution is 6.06. The number of benzene rings is 3. The molecule has 2 amide bonds. The number of halogens is 1. The van der Waals surface area contributed by atoms with Crippen LogP contribution in [-0.2, 0) is 11.3 Å². The number of carbonyl (C=O) groups excluding carboxylic acids is 2. The van der Waals surface area contributed by atoms with Gasteiger partial charge in [0.25, 0.3) is 5.91 Å². The second-order valence-electron chi connectivity index (χ2n) is 10.3. The molecule has 6 nitrogen and oxygen atoms in total. The van der Waals surface area contributed by atoms with Gasteiger partial charge in [-0.1, -0.05) is 30.3 Å². The van der Waals surface area contributed by atoms with E-state index in [1.807, 2.05) is 29.2 Å². The zero-order valence-electron chi connectivity index (χ0n) is 21.7. The SMILES string of the molecule is NCCCN(Cc1cccc(-c2ccc(N3CCCC3)c(NC(=O)c3cccc(F)c3)c2)c1)C(=O)C1CC1. The van der Waals surface area contributed by atoms with E-state index < -0.39 is 5.82 Å². The van der Waals surface area contributed by atoms with Crippen LogP contribution in [0.4, 0.5) is 15.8 Å². The van der Waals surface area contributed by atoms with Crippen LogP contribution in [0.15, 0.2) is 66.7 Å². The molecule has 0 unspecified atom stereocenters. The summed E-state index contributed by atoms with van der Waals surface area (Å²) < 4.78 is 13.8. The van der Waals surface area contributed by atoms with Crippen molar-refractivity contribution in [2.45, 2.75) is 38.6 Å². The summed E-state index contributed by atoms with van der Waals surface area (Å²) in [6.45, 7) is 3.65. The molecule has 0 spiro atoms. The van der Waals surface area contributed by atoms with Gasteiger partial charge in [0.2, 0.25) is 5.91 Å². The van der Waals surface area contributed by atoms with E-state index in [4.69, 9.17) is 5.73 Å². The Morgan fingerprint density at radius 1 is 0.974 bits per heavy atom. The summed E-state index contributed by atoms with van der Waals surface area (Å²) >= 11 is 0. The molecule has 1 aliphatic heterocycles. The van der Waals surface area contributed by atoms with E-state index in [0.717, 1.165) is 67.6 Å². The maximum Gasteiger partial charge on any atom is 0.255 e. The number of hydrogen-bond acceptors (Lipinski definition) is 4. The molecule has 0 radical (unpaired) electrons. The first-order valence-corrected chi connectivity index (χ1v) is 13.6. The summed E-state index contributed by atoms with van der Waals surface area (Å²) in [7, 11) is 0. The van der Waals surface area contributed by atoms with E-state index >= 15 is 0 Å². The lowest BCUT2D eigenvalue weighted by molar-refractivity contribution is -0.133. The minimum Gasteiger partial charge on any atom is -0.370 e. The lowest BCUT2D eigenvalue weighted by Crippen LogP contribution is -2.33. The average Bonchev–Trinajstić information content (AvgIpc) is 3.64. The van der Waals surface area contributed by atoms with Crippen molar-refractivity contribution in [3.05, 3.63) is 83.7 Å². The van der Waals surface area contributed by atoms with E-state index in [1.54, 1.807) is 12.1 Å². The molecule has 0 atom stereocenters. The number of nitrogens with two attached hydrogens (primary N) is 1. The average molecular weight is 515 g/mol. The van der Waals surface area contributed by atoms with Gasteiger partial charge in [-0.3, -0.25) is 9.59 Å². The van der Waals surface area contributed by atoms with Crippen LogP contribution in [0.3, 0.4) is 0 Å². The number of nitrogens with zero attached hydrogens (tertiary/aromatic N) is 2. The van der Waals surface area contributed by atoms with Crippen molar-refractivity contribution in [1.29, 1.82) is 0 Å². The highest BCUT2D eigenvalue weighted by atomic mass is 19.1. The Balaban J connectivity index is 1.41. The van der Waals surface area contributed by atoms with Crippen LogP contribution in [0.1, 0.15) is 48.0 Å².